The van der Waals surface area contributed by atoms with E-state index in [1.165, 1.54) is 6.92 Å². The summed E-state index contributed by atoms with van der Waals surface area (Å²) in [5.41, 5.74) is 0. The van der Waals surface area contributed by atoms with Crippen LogP contribution in [0.15, 0.2) is 0 Å². The number of aldehydes is 5. The quantitative estimate of drug-likeness (QED) is 0.353. The monoisotopic (exact) mass is 230 g/mol. The van der Waals surface area contributed by atoms with E-state index < -0.39 is 5.78 Å². The molecule has 0 fully saturated rings. The fraction of sp³-hybridized carbons (Fsp3) is 0.400. The fourth-order valence-electron chi connectivity index (χ4n) is 0.285. The Kier molecular flexibility index (Phi) is 28.3. The zero-order chi connectivity index (χ0) is 13.2. The van der Waals surface area contributed by atoms with Crippen LogP contribution in [-0.4, -0.2) is 37.2 Å². The van der Waals surface area contributed by atoms with E-state index in [2.05, 4.69) is 0 Å². The summed E-state index contributed by atoms with van der Waals surface area (Å²) in [5, 5.41) is 0. The highest BCUT2D eigenvalue weighted by Gasteiger charge is 1.80. The van der Waals surface area contributed by atoms with Crippen molar-refractivity contribution >= 4 is 37.2 Å². The Morgan fingerprint density at radius 2 is 1.19 bits per heavy atom. The molecular weight excluding hydrogens is 216 g/mol. The van der Waals surface area contributed by atoms with E-state index in [0.29, 0.717) is 19.3 Å². The molecule has 0 bridgehead atoms. The molecule has 0 rings (SSSR count). The molecule has 0 radical (unpaired) electrons. The first kappa shape index (κ1) is 19.6. The lowest BCUT2D eigenvalue weighted by Crippen LogP contribution is -1.85. The molecule has 0 aromatic heterocycles. The minimum Gasteiger partial charge on any atom is -0.303 e. The lowest BCUT2D eigenvalue weighted by atomic mass is 10.3. The molecule has 0 saturated heterocycles. The molecule has 0 atom stereocenters. The van der Waals surface area contributed by atoms with Gasteiger partial charge < -0.3 is 9.59 Å². The molecule has 0 heterocycles. The van der Waals surface area contributed by atoms with Crippen molar-refractivity contribution in [2.75, 3.05) is 0 Å². The van der Waals surface area contributed by atoms with Gasteiger partial charge in [-0.25, -0.2) is 0 Å². The maximum Gasteiger partial charge on any atom is 0.192 e. The van der Waals surface area contributed by atoms with Crippen LogP contribution < -0.4 is 0 Å². The molecule has 16 heavy (non-hydrogen) atoms. The number of Topliss-reactive ketones (excluding diaryl/α,β-unsaturated/α-hetero) is 1. The summed E-state index contributed by atoms with van der Waals surface area (Å²) in [5.74, 6) is -0.426. The molecule has 6 nitrogen and oxygen atoms in total. The molecule has 0 amide bonds. The lowest BCUT2D eigenvalue weighted by Gasteiger charge is -1.78. The predicted molar refractivity (Wildman–Crippen MR) is 54.9 cm³/mol. The largest absolute Gasteiger partial charge is 0.303 e. The summed E-state index contributed by atoms with van der Waals surface area (Å²) in [6.45, 7) is 1.22. The third-order valence-electron chi connectivity index (χ3n) is 0.865. The zero-order valence-corrected chi connectivity index (χ0v) is 8.96. The van der Waals surface area contributed by atoms with Gasteiger partial charge in [0.15, 0.2) is 24.6 Å². The van der Waals surface area contributed by atoms with Crippen LogP contribution in [0.5, 0.6) is 0 Å². The molecule has 0 aliphatic heterocycles. The van der Waals surface area contributed by atoms with Gasteiger partial charge in [0.1, 0.15) is 12.6 Å². The molecule has 0 spiro atoms. The van der Waals surface area contributed by atoms with Crippen LogP contribution in [0, 0.1) is 0 Å². The summed E-state index contributed by atoms with van der Waals surface area (Å²) in [6.07, 6.45) is 4.04. The highest BCUT2D eigenvalue weighted by atomic mass is 16.2. The number of carbonyl (C=O) groups is 6. The molecule has 0 aliphatic rings. The summed E-state index contributed by atoms with van der Waals surface area (Å²) in [7, 11) is 0. The maximum absolute atomic E-state index is 9.56. The average Bonchev–Trinajstić information content (AvgIpc) is 2.31. The highest BCUT2D eigenvalue weighted by molar-refractivity contribution is 6.23. The molecule has 0 unspecified atom stereocenters. The first-order valence-electron chi connectivity index (χ1n) is 4.32. The van der Waals surface area contributed by atoms with Crippen LogP contribution in [-0.2, 0) is 28.8 Å². The molecule has 6 heteroatoms. The summed E-state index contributed by atoms with van der Waals surface area (Å²) >= 11 is 0. The second kappa shape index (κ2) is 23.1. The molecule has 0 aromatic carbocycles. The van der Waals surface area contributed by atoms with E-state index >= 15 is 0 Å². The van der Waals surface area contributed by atoms with E-state index in [1.807, 2.05) is 0 Å². The van der Waals surface area contributed by atoms with Crippen LogP contribution >= 0.6 is 0 Å². The molecule has 0 N–H and O–H groups in total. The third kappa shape index (κ3) is 57.9. The molecule has 0 saturated carbocycles. The molecule has 90 valence electrons. The zero-order valence-electron chi connectivity index (χ0n) is 8.96. The Morgan fingerprint density at radius 1 is 0.875 bits per heavy atom. The van der Waals surface area contributed by atoms with Crippen LogP contribution in [0.1, 0.15) is 26.2 Å². The van der Waals surface area contributed by atoms with Crippen molar-refractivity contribution in [3.05, 3.63) is 0 Å². The second-order valence-corrected chi connectivity index (χ2v) is 2.26. The summed E-state index contributed by atoms with van der Waals surface area (Å²) in [6, 6.07) is 0. The van der Waals surface area contributed by atoms with Crippen molar-refractivity contribution in [2.24, 2.45) is 0 Å². The van der Waals surface area contributed by atoms with Gasteiger partial charge in [0.2, 0.25) is 0 Å². The number of unbranched alkanes of at least 4 members (excludes halogenated alkanes) is 2. The van der Waals surface area contributed by atoms with Gasteiger partial charge in [0.25, 0.3) is 0 Å². The van der Waals surface area contributed by atoms with Gasteiger partial charge in [0.05, 0.1) is 0 Å². The lowest BCUT2D eigenvalue weighted by molar-refractivity contribution is -0.128. The second-order valence-electron chi connectivity index (χ2n) is 2.26. The van der Waals surface area contributed by atoms with E-state index in [4.69, 9.17) is 14.4 Å². The van der Waals surface area contributed by atoms with E-state index in [9.17, 15) is 14.4 Å². The van der Waals surface area contributed by atoms with Crippen LogP contribution in [0.2, 0.25) is 0 Å². The van der Waals surface area contributed by atoms with Crippen molar-refractivity contribution in [3.63, 3.8) is 0 Å². The normalized spacial score (nSPS) is 6.81. The highest BCUT2D eigenvalue weighted by Crippen LogP contribution is 1.85. The Morgan fingerprint density at radius 3 is 1.31 bits per heavy atom. The SMILES string of the molecule is CC(=O)C=O.O=CC=O.O=CCCCC=O. The van der Waals surface area contributed by atoms with Gasteiger partial charge >= 0.3 is 0 Å². The number of carbonyl (C=O) groups excluding carboxylic acids is 6. The van der Waals surface area contributed by atoms with Crippen molar-refractivity contribution in [1.82, 2.24) is 0 Å². The maximum atomic E-state index is 9.56. The van der Waals surface area contributed by atoms with Crippen LogP contribution in [0.25, 0.3) is 0 Å². The number of ketones is 1. The minimum atomic E-state index is -0.426. The minimum absolute atomic E-state index is 0.194. The predicted octanol–water partition coefficient (Wildman–Crippen LogP) is -0.287. The van der Waals surface area contributed by atoms with E-state index in [1.54, 1.807) is 0 Å². The van der Waals surface area contributed by atoms with Gasteiger partial charge in [-0.1, -0.05) is 0 Å². The molecule has 0 aromatic rings. The van der Waals surface area contributed by atoms with Crippen molar-refractivity contribution < 1.29 is 28.8 Å². The number of rotatable bonds is 6. The summed E-state index contributed by atoms with van der Waals surface area (Å²) in [4.78, 5) is 55.3. The molecule has 0 aliphatic carbocycles. The third-order valence-corrected chi connectivity index (χ3v) is 0.865. The Bertz CT molecular complexity index is 207. The summed E-state index contributed by atoms with van der Waals surface area (Å²) < 4.78 is 0. The first-order valence-corrected chi connectivity index (χ1v) is 4.32. The number of hydrogen-bond donors (Lipinski definition) is 0. The fourth-order valence-corrected chi connectivity index (χ4v) is 0.285. The Balaban J connectivity index is -0.000000166. The van der Waals surface area contributed by atoms with Crippen LogP contribution in [0.3, 0.4) is 0 Å². The van der Waals surface area contributed by atoms with E-state index in [0.717, 1.165) is 12.6 Å². The van der Waals surface area contributed by atoms with Crippen molar-refractivity contribution in [2.45, 2.75) is 26.2 Å². The number of hydrogen-bond acceptors (Lipinski definition) is 6. The standard InChI is InChI=1S/C5H8O2.C3H4O2.C2H2O2/c6-4-2-1-3-5-7;1-3(5)2-4;3-1-2-4/h4-5H,1-3H2;2H,1H3;1-2H. The van der Waals surface area contributed by atoms with Crippen molar-refractivity contribution in [1.29, 1.82) is 0 Å². The van der Waals surface area contributed by atoms with Crippen LogP contribution in [0.4, 0.5) is 0 Å². The van der Waals surface area contributed by atoms with Gasteiger partial charge in [-0.05, 0) is 6.42 Å². The van der Waals surface area contributed by atoms with Gasteiger partial charge in [-0.2, -0.15) is 0 Å². The smallest absolute Gasteiger partial charge is 0.192 e. The Labute approximate surface area is 93.0 Å². The topological polar surface area (TPSA) is 102 Å². The van der Waals surface area contributed by atoms with Gasteiger partial charge in [0, 0.05) is 19.8 Å². The van der Waals surface area contributed by atoms with Gasteiger partial charge in [-0.3, -0.25) is 19.2 Å². The van der Waals surface area contributed by atoms with Crippen molar-refractivity contribution in [3.8, 4) is 0 Å². The van der Waals surface area contributed by atoms with Gasteiger partial charge in [-0.15, -0.1) is 0 Å². The first-order chi connectivity index (χ1) is 7.60. The molecular formula is C10H14O6. The van der Waals surface area contributed by atoms with E-state index in [-0.39, 0.29) is 18.9 Å². The average molecular weight is 230 g/mol. The Hall–Kier alpha value is -1.98.